The number of hydrogen-bond donors (Lipinski definition) is 0. The van der Waals surface area contributed by atoms with E-state index in [2.05, 4.69) is 72.3 Å². The Morgan fingerprint density at radius 3 is 2.50 bits per heavy atom. The maximum absolute atomic E-state index is 3.55. The predicted octanol–water partition coefficient (Wildman–Crippen LogP) is 4.82. The third kappa shape index (κ3) is 2.65. The molecule has 0 heterocycles. The number of halogens is 1. The second-order valence-corrected chi connectivity index (χ2v) is 5.61. The lowest BCUT2D eigenvalue weighted by Crippen LogP contribution is -2.13. The van der Waals surface area contributed by atoms with Gasteiger partial charge in [-0.05, 0) is 28.5 Å². The summed E-state index contributed by atoms with van der Waals surface area (Å²) >= 11 is 3.55. The Morgan fingerprint density at radius 2 is 1.88 bits per heavy atom. The van der Waals surface area contributed by atoms with E-state index in [1.54, 1.807) is 0 Å². The van der Waals surface area contributed by atoms with Crippen molar-refractivity contribution in [3.8, 4) is 0 Å². The minimum absolute atomic E-state index is 0.267. The number of hydrogen-bond acceptors (Lipinski definition) is 0. The normalized spacial score (nSPS) is 18.9. The minimum atomic E-state index is 0.267. The van der Waals surface area contributed by atoms with E-state index in [1.165, 1.54) is 16.7 Å². The molecule has 1 aliphatic carbocycles. The zero-order valence-corrected chi connectivity index (χ0v) is 11.4. The standard InChI is InChI=1S/C15H17Br/c1-15(2)9-12(11-16)8-14(10-15)13-6-4-3-5-7-13/h3-9H,10-11H2,1-2H3. The Morgan fingerprint density at radius 1 is 1.19 bits per heavy atom. The number of allylic oxidation sites excluding steroid dienone is 4. The molecule has 0 saturated heterocycles. The van der Waals surface area contributed by atoms with E-state index in [0.717, 1.165) is 11.8 Å². The predicted molar refractivity (Wildman–Crippen MR) is 74.7 cm³/mol. The van der Waals surface area contributed by atoms with Crippen molar-refractivity contribution in [1.29, 1.82) is 0 Å². The van der Waals surface area contributed by atoms with Crippen molar-refractivity contribution in [3.05, 3.63) is 53.6 Å². The Hall–Kier alpha value is -0.820. The van der Waals surface area contributed by atoms with Gasteiger partial charge in [-0.3, -0.25) is 0 Å². The van der Waals surface area contributed by atoms with Crippen molar-refractivity contribution < 1.29 is 0 Å². The number of alkyl halides is 1. The summed E-state index contributed by atoms with van der Waals surface area (Å²) < 4.78 is 0. The summed E-state index contributed by atoms with van der Waals surface area (Å²) in [4.78, 5) is 0. The SMILES string of the molecule is CC1(C)C=C(CBr)C=C(c2ccccc2)C1. The highest BCUT2D eigenvalue weighted by Crippen LogP contribution is 2.38. The highest BCUT2D eigenvalue weighted by molar-refractivity contribution is 9.09. The zero-order chi connectivity index (χ0) is 11.6. The van der Waals surface area contributed by atoms with Gasteiger partial charge in [0.2, 0.25) is 0 Å². The number of rotatable bonds is 2. The molecule has 0 aliphatic heterocycles. The minimum Gasteiger partial charge on any atom is -0.0876 e. The summed E-state index contributed by atoms with van der Waals surface area (Å²) in [6.45, 7) is 4.59. The van der Waals surface area contributed by atoms with Crippen LogP contribution in [0.15, 0.2) is 48.1 Å². The molecule has 0 aromatic heterocycles. The van der Waals surface area contributed by atoms with Crippen molar-refractivity contribution in [2.45, 2.75) is 20.3 Å². The van der Waals surface area contributed by atoms with E-state index in [0.29, 0.717) is 0 Å². The van der Waals surface area contributed by atoms with Crippen LogP contribution in [-0.4, -0.2) is 5.33 Å². The van der Waals surface area contributed by atoms with Crippen LogP contribution in [0.25, 0.3) is 5.57 Å². The van der Waals surface area contributed by atoms with Crippen molar-refractivity contribution in [3.63, 3.8) is 0 Å². The molecule has 1 aliphatic rings. The molecule has 0 radical (unpaired) electrons. The lowest BCUT2D eigenvalue weighted by molar-refractivity contribution is 0.489. The average molecular weight is 277 g/mol. The molecule has 0 spiro atoms. The Balaban J connectivity index is 2.37. The van der Waals surface area contributed by atoms with Gasteiger partial charge >= 0.3 is 0 Å². The van der Waals surface area contributed by atoms with Crippen molar-refractivity contribution >= 4 is 21.5 Å². The molecular weight excluding hydrogens is 260 g/mol. The van der Waals surface area contributed by atoms with Crippen molar-refractivity contribution in [1.82, 2.24) is 0 Å². The van der Waals surface area contributed by atoms with Gasteiger partial charge in [-0.25, -0.2) is 0 Å². The van der Waals surface area contributed by atoms with Crippen molar-refractivity contribution in [2.75, 3.05) is 5.33 Å². The van der Waals surface area contributed by atoms with E-state index in [-0.39, 0.29) is 5.41 Å². The maximum atomic E-state index is 3.55. The summed E-state index contributed by atoms with van der Waals surface area (Å²) in [5.41, 5.74) is 4.45. The molecule has 0 N–H and O–H groups in total. The van der Waals surface area contributed by atoms with Crippen LogP contribution in [0.1, 0.15) is 25.8 Å². The smallest absolute Gasteiger partial charge is 0.0280 e. The van der Waals surface area contributed by atoms with Gasteiger partial charge in [-0.1, -0.05) is 72.3 Å². The van der Waals surface area contributed by atoms with Crippen LogP contribution in [-0.2, 0) is 0 Å². The van der Waals surface area contributed by atoms with Gasteiger partial charge in [0.25, 0.3) is 0 Å². The summed E-state index contributed by atoms with van der Waals surface area (Å²) in [5.74, 6) is 0. The molecule has 0 amide bonds. The van der Waals surface area contributed by atoms with E-state index in [1.807, 2.05) is 0 Å². The molecule has 0 bridgehead atoms. The van der Waals surface area contributed by atoms with Crippen LogP contribution in [0, 0.1) is 5.41 Å². The van der Waals surface area contributed by atoms with Gasteiger partial charge in [0.15, 0.2) is 0 Å². The molecule has 16 heavy (non-hydrogen) atoms. The molecule has 1 heteroatoms. The highest BCUT2D eigenvalue weighted by Gasteiger charge is 2.22. The third-order valence-corrected chi connectivity index (χ3v) is 3.53. The Labute approximate surface area is 106 Å². The van der Waals surface area contributed by atoms with Gasteiger partial charge in [-0.15, -0.1) is 0 Å². The molecule has 0 nitrogen and oxygen atoms in total. The van der Waals surface area contributed by atoms with Gasteiger partial charge in [0.1, 0.15) is 0 Å². The Bertz CT molecular complexity index is 424. The van der Waals surface area contributed by atoms with Crippen LogP contribution < -0.4 is 0 Å². The molecule has 1 aromatic rings. The Kier molecular flexibility index (Phi) is 3.34. The van der Waals surface area contributed by atoms with Gasteiger partial charge in [-0.2, -0.15) is 0 Å². The first-order chi connectivity index (χ1) is 7.61. The van der Waals surface area contributed by atoms with Crippen molar-refractivity contribution in [2.24, 2.45) is 5.41 Å². The van der Waals surface area contributed by atoms with Gasteiger partial charge in [0, 0.05) is 5.33 Å². The summed E-state index contributed by atoms with van der Waals surface area (Å²) in [7, 11) is 0. The van der Waals surface area contributed by atoms with E-state index in [4.69, 9.17) is 0 Å². The molecule has 84 valence electrons. The molecular formula is C15H17Br. The monoisotopic (exact) mass is 276 g/mol. The van der Waals surface area contributed by atoms with Crippen LogP contribution in [0.3, 0.4) is 0 Å². The maximum Gasteiger partial charge on any atom is 0.0280 e. The van der Waals surface area contributed by atoms with E-state index < -0.39 is 0 Å². The second kappa shape index (κ2) is 4.58. The first kappa shape index (κ1) is 11.7. The summed E-state index contributed by atoms with van der Waals surface area (Å²) in [6.07, 6.45) is 5.80. The van der Waals surface area contributed by atoms with E-state index in [9.17, 15) is 0 Å². The molecule has 0 unspecified atom stereocenters. The number of benzene rings is 1. The quantitative estimate of drug-likeness (QED) is 0.680. The largest absolute Gasteiger partial charge is 0.0876 e. The fraction of sp³-hybridized carbons (Fsp3) is 0.333. The molecule has 0 fully saturated rings. The second-order valence-electron chi connectivity index (χ2n) is 5.05. The van der Waals surface area contributed by atoms with Crippen LogP contribution >= 0.6 is 15.9 Å². The van der Waals surface area contributed by atoms with Crippen LogP contribution in [0.5, 0.6) is 0 Å². The van der Waals surface area contributed by atoms with Gasteiger partial charge < -0.3 is 0 Å². The molecule has 2 rings (SSSR count). The third-order valence-electron chi connectivity index (χ3n) is 2.88. The van der Waals surface area contributed by atoms with Crippen LogP contribution in [0.2, 0.25) is 0 Å². The zero-order valence-electron chi connectivity index (χ0n) is 9.83. The molecule has 0 atom stereocenters. The van der Waals surface area contributed by atoms with Gasteiger partial charge in [0.05, 0.1) is 0 Å². The lowest BCUT2D eigenvalue weighted by Gasteiger charge is -2.27. The lowest BCUT2D eigenvalue weighted by atomic mass is 9.78. The first-order valence-electron chi connectivity index (χ1n) is 5.64. The van der Waals surface area contributed by atoms with Crippen LogP contribution in [0.4, 0.5) is 0 Å². The molecule has 0 saturated carbocycles. The topological polar surface area (TPSA) is 0 Å². The summed E-state index contributed by atoms with van der Waals surface area (Å²) in [5, 5.41) is 0.937. The first-order valence-corrected chi connectivity index (χ1v) is 6.76. The van der Waals surface area contributed by atoms with E-state index >= 15 is 0 Å². The fourth-order valence-electron chi connectivity index (χ4n) is 2.28. The highest BCUT2D eigenvalue weighted by atomic mass is 79.9. The summed E-state index contributed by atoms with van der Waals surface area (Å²) in [6, 6.07) is 10.7. The fourth-order valence-corrected chi connectivity index (χ4v) is 2.60. The average Bonchev–Trinajstić information content (AvgIpc) is 2.28. The molecule has 1 aromatic carbocycles.